The van der Waals surface area contributed by atoms with E-state index in [9.17, 15) is 9.59 Å². The molecule has 2 N–H and O–H groups in total. The minimum absolute atomic E-state index is 0.163. The highest BCUT2D eigenvalue weighted by Crippen LogP contribution is 2.21. The Morgan fingerprint density at radius 3 is 2.90 bits per heavy atom. The van der Waals surface area contributed by atoms with Gasteiger partial charge in [0.15, 0.2) is 0 Å². The van der Waals surface area contributed by atoms with Crippen LogP contribution in [0.4, 0.5) is 0 Å². The van der Waals surface area contributed by atoms with E-state index in [1.807, 2.05) is 13.0 Å². The third kappa shape index (κ3) is 3.33. The van der Waals surface area contributed by atoms with Crippen LogP contribution in [0.5, 0.6) is 5.75 Å². The maximum absolute atomic E-state index is 12.8. The molecule has 1 aliphatic rings. The van der Waals surface area contributed by atoms with Crippen molar-refractivity contribution >= 4 is 11.8 Å². The van der Waals surface area contributed by atoms with Gasteiger partial charge in [0.2, 0.25) is 5.91 Å². The molecule has 1 fully saturated rings. The molecular formula is C15H21N3O3. The van der Waals surface area contributed by atoms with Crippen molar-refractivity contribution in [2.75, 3.05) is 33.3 Å². The fourth-order valence-corrected chi connectivity index (χ4v) is 2.43. The summed E-state index contributed by atoms with van der Waals surface area (Å²) in [5, 5.41) is 5.75. The van der Waals surface area contributed by atoms with Crippen molar-refractivity contribution in [2.45, 2.75) is 13.0 Å². The Bertz CT molecular complexity index is 519. The molecule has 21 heavy (non-hydrogen) atoms. The van der Waals surface area contributed by atoms with Crippen LogP contribution in [-0.2, 0) is 4.79 Å². The molecule has 0 spiro atoms. The van der Waals surface area contributed by atoms with E-state index < -0.39 is 6.04 Å². The molecule has 6 nitrogen and oxygen atoms in total. The molecule has 0 saturated carbocycles. The van der Waals surface area contributed by atoms with E-state index in [1.54, 1.807) is 30.1 Å². The largest absolute Gasteiger partial charge is 0.493 e. The second kappa shape index (κ2) is 7.08. The predicted octanol–water partition coefficient (Wildman–Crippen LogP) is 0.245. The highest BCUT2D eigenvalue weighted by molar-refractivity contribution is 5.99. The molecule has 1 aromatic rings. The Labute approximate surface area is 124 Å². The van der Waals surface area contributed by atoms with Crippen LogP contribution in [-0.4, -0.2) is 56.0 Å². The fourth-order valence-electron chi connectivity index (χ4n) is 2.43. The molecule has 6 heteroatoms. The molecule has 1 heterocycles. The monoisotopic (exact) mass is 291 g/mol. The number of nitrogens with zero attached hydrogens (tertiary/aromatic N) is 1. The minimum Gasteiger partial charge on any atom is -0.493 e. The van der Waals surface area contributed by atoms with Crippen LogP contribution in [0.2, 0.25) is 0 Å². The summed E-state index contributed by atoms with van der Waals surface area (Å²) >= 11 is 0. The van der Waals surface area contributed by atoms with Gasteiger partial charge in [-0.05, 0) is 19.1 Å². The molecule has 1 saturated heterocycles. The van der Waals surface area contributed by atoms with Crippen LogP contribution in [0, 0.1) is 0 Å². The third-order valence-electron chi connectivity index (χ3n) is 3.47. The molecule has 2 rings (SSSR count). The van der Waals surface area contributed by atoms with E-state index in [4.69, 9.17) is 4.74 Å². The normalized spacial score (nSPS) is 18.2. The molecule has 114 valence electrons. The van der Waals surface area contributed by atoms with E-state index >= 15 is 0 Å². The quantitative estimate of drug-likeness (QED) is 0.834. The molecule has 1 atom stereocenters. The highest BCUT2D eigenvalue weighted by Gasteiger charge is 2.33. The molecular weight excluding hydrogens is 270 g/mol. The molecule has 0 radical (unpaired) electrons. The zero-order chi connectivity index (χ0) is 15.2. The van der Waals surface area contributed by atoms with Crippen molar-refractivity contribution in [3.8, 4) is 5.75 Å². The first kappa shape index (κ1) is 15.3. The lowest BCUT2D eigenvalue weighted by Crippen LogP contribution is -2.59. The summed E-state index contributed by atoms with van der Waals surface area (Å²) in [7, 11) is 1.58. The first-order valence-corrected chi connectivity index (χ1v) is 7.14. The SMILES string of the molecule is CCOc1ccccc1C(=O)N1CCNCC1C(=O)NC. The average molecular weight is 291 g/mol. The molecule has 0 aromatic heterocycles. The minimum atomic E-state index is -0.495. The van der Waals surface area contributed by atoms with Gasteiger partial charge < -0.3 is 20.3 Å². The molecule has 0 aliphatic carbocycles. The van der Waals surface area contributed by atoms with Gasteiger partial charge in [-0.1, -0.05) is 12.1 Å². The summed E-state index contributed by atoms with van der Waals surface area (Å²) in [6, 6.07) is 6.64. The standard InChI is InChI=1S/C15H21N3O3/c1-3-21-13-7-5-4-6-11(13)15(20)18-9-8-17-10-12(18)14(19)16-2/h4-7,12,17H,3,8-10H2,1-2H3,(H,16,19). The summed E-state index contributed by atoms with van der Waals surface area (Å²) in [5.74, 6) is 0.220. The Kier molecular flexibility index (Phi) is 5.16. The molecule has 1 unspecified atom stereocenters. The molecule has 1 aliphatic heterocycles. The first-order valence-electron chi connectivity index (χ1n) is 7.14. The lowest BCUT2D eigenvalue weighted by molar-refractivity contribution is -0.125. The maximum Gasteiger partial charge on any atom is 0.258 e. The zero-order valence-corrected chi connectivity index (χ0v) is 12.4. The summed E-state index contributed by atoms with van der Waals surface area (Å²) in [6.45, 7) is 4.00. The number of amides is 2. The molecule has 2 amide bonds. The van der Waals surface area contributed by atoms with Crippen LogP contribution in [0.15, 0.2) is 24.3 Å². The number of carbonyl (C=O) groups excluding carboxylic acids is 2. The number of carbonyl (C=O) groups is 2. The van der Waals surface area contributed by atoms with Gasteiger partial charge in [-0.3, -0.25) is 9.59 Å². The summed E-state index contributed by atoms with van der Waals surface area (Å²) in [6.07, 6.45) is 0. The smallest absolute Gasteiger partial charge is 0.258 e. The summed E-state index contributed by atoms with van der Waals surface area (Å²) in [4.78, 5) is 26.3. The number of likely N-dealkylation sites (N-methyl/N-ethyl adjacent to an activating group) is 1. The number of piperazine rings is 1. The van der Waals surface area contributed by atoms with Crippen LogP contribution in [0.1, 0.15) is 17.3 Å². The number of ether oxygens (including phenoxy) is 1. The van der Waals surface area contributed by atoms with Crippen molar-refractivity contribution in [1.82, 2.24) is 15.5 Å². The number of benzene rings is 1. The van der Waals surface area contributed by atoms with Crippen molar-refractivity contribution in [3.05, 3.63) is 29.8 Å². The number of para-hydroxylation sites is 1. The van der Waals surface area contributed by atoms with Gasteiger partial charge in [-0.15, -0.1) is 0 Å². The van der Waals surface area contributed by atoms with Crippen LogP contribution < -0.4 is 15.4 Å². The highest BCUT2D eigenvalue weighted by atomic mass is 16.5. The van der Waals surface area contributed by atoms with Gasteiger partial charge in [0.25, 0.3) is 5.91 Å². The van der Waals surface area contributed by atoms with Gasteiger partial charge in [0, 0.05) is 26.7 Å². The lowest BCUT2D eigenvalue weighted by Gasteiger charge is -2.35. The Morgan fingerprint density at radius 1 is 1.43 bits per heavy atom. The van der Waals surface area contributed by atoms with Crippen LogP contribution in [0.3, 0.4) is 0 Å². The van der Waals surface area contributed by atoms with E-state index in [-0.39, 0.29) is 11.8 Å². The zero-order valence-electron chi connectivity index (χ0n) is 12.4. The van der Waals surface area contributed by atoms with E-state index in [1.165, 1.54) is 0 Å². The Hall–Kier alpha value is -2.08. The Balaban J connectivity index is 2.27. The van der Waals surface area contributed by atoms with Gasteiger partial charge in [0.1, 0.15) is 11.8 Å². The van der Waals surface area contributed by atoms with Crippen molar-refractivity contribution in [2.24, 2.45) is 0 Å². The van der Waals surface area contributed by atoms with Gasteiger partial charge in [-0.2, -0.15) is 0 Å². The number of rotatable bonds is 4. The second-order valence-corrected chi connectivity index (χ2v) is 4.76. The van der Waals surface area contributed by atoms with E-state index in [0.717, 1.165) is 0 Å². The van der Waals surface area contributed by atoms with Crippen molar-refractivity contribution < 1.29 is 14.3 Å². The van der Waals surface area contributed by atoms with Gasteiger partial charge in [-0.25, -0.2) is 0 Å². The predicted molar refractivity (Wildman–Crippen MR) is 79.4 cm³/mol. The summed E-state index contributed by atoms with van der Waals surface area (Å²) < 4.78 is 5.51. The number of hydrogen-bond donors (Lipinski definition) is 2. The second-order valence-electron chi connectivity index (χ2n) is 4.76. The van der Waals surface area contributed by atoms with Crippen LogP contribution >= 0.6 is 0 Å². The lowest BCUT2D eigenvalue weighted by atomic mass is 10.1. The topological polar surface area (TPSA) is 70.7 Å². The Morgan fingerprint density at radius 2 is 2.19 bits per heavy atom. The third-order valence-corrected chi connectivity index (χ3v) is 3.47. The average Bonchev–Trinajstić information content (AvgIpc) is 2.54. The fraction of sp³-hybridized carbons (Fsp3) is 0.467. The number of nitrogens with one attached hydrogen (secondary N) is 2. The first-order chi connectivity index (χ1) is 10.2. The van der Waals surface area contributed by atoms with Gasteiger partial charge >= 0.3 is 0 Å². The maximum atomic E-state index is 12.8. The molecule has 0 bridgehead atoms. The number of hydrogen-bond acceptors (Lipinski definition) is 4. The van der Waals surface area contributed by atoms with Gasteiger partial charge in [0.05, 0.1) is 12.2 Å². The molecule has 1 aromatic carbocycles. The van der Waals surface area contributed by atoms with E-state index in [0.29, 0.717) is 37.6 Å². The van der Waals surface area contributed by atoms with Crippen LogP contribution in [0.25, 0.3) is 0 Å². The van der Waals surface area contributed by atoms with E-state index in [2.05, 4.69) is 10.6 Å². The summed E-state index contributed by atoms with van der Waals surface area (Å²) in [5.41, 5.74) is 0.496. The van der Waals surface area contributed by atoms with Crippen molar-refractivity contribution in [3.63, 3.8) is 0 Å². The van der Waals surface area contributed by atoms with Crippen molar-refractivity contribution in [1.29, 1.82) is 0 Å².